The van der Waals surface area contributed by atoms with Crippen LogP contribution in [0.4, 0.5) is 0 Å². The maximum absolute atomic E-state index is 11.5. The molecule has 0 saturated carbocycles. The monoisotopic (exact) mass is 257 g/mol. The molecule has 0 spiro atoms. The summed E-state index contributed by atoms with van der Waals surface area (Å²) in [5.74, 6) is 0.790. The van der Waals surface area contributed by atoms with Crippen molar-refractivity contribution in [3.63, 3.8) is 0 Å². The fourth-order valence-corrected chi connectivity index (χ4v) is 1.79. The number of rotatable bonds is 5. The number of carbonyl (C=O) groups excluding carboxylic acids is 1. The number of aliphatic hydroxyl groups is 1. The fourth-order valence-electron chi connectivity index (χ4n) is 1.13. The molecule has 0 aliphatic rings. The summed E-state index contributed by atoms with van der Waals surface area (Å²) in [5.41, 5.74) is 0. The van der Waals surface area contributed by atoms with Gasteiger partial charge >= 0.3 is 0 Å². The lowest BCUT2D eigenvalue weighted by molar-refractivity contribution is -0.119. The van der Waals surface area contributed by atoms with E-state index in [4.69, 9.17) is 4.42 Å². The lowest BCUT2D eigenvalue weighted by Gasteiger charge is -2.17. The number of hydrogen-bond acceptors (Lipinski definition) is 4. The lowest BCUT2D eigenvalue weighted by Crippen LogP contribution is -2.30. The van der Waals surface area contributed by atoms with Crippen LogP contribution in [0.2, 0.25) is 0 Å². The van der Waals surface area contributed by atoms with Gasteiger partial charge in [-0.2, -0.15) is 0 Å². The molecule has 0 radical (unpaired) electrons. The summed E-state index contributed by atoms with van der Waals surface area (Å²) in [7, 11) is 0. The first kappa shape index (κ1) is 14.1. The molecule has 2 N–H and O–H groups in total. The molecule has 1 rings (SSSR count). The summed E-state index contributed by atoms with van der Waals surface area (Å²) in [6.07, 6.45) is 0.712. The van der Waals surface area contributed by atoms with E-state index in [-0.39, 0.29) is 17.2 Å². The van der Waals surface area contributed by atoms with E-state index in [1.165, 1.54) is 6.26 Å². The molecule has 1 heterocycles. The van der Waals surface area contributed by atoms with Crippen LogP contribution in [0, 0.1) is 0 Å². The van der Waals surface area contributed by atoms with Gasteiger partial charge in [-0.1, -0.05) is 20.8 Å². The van der Waals surface area contributed by atoms with Crippen molar-refractivity contribution in [3.05, 3.63) is 24.2 Å². The number of furan rings is 1. The van der Waals surface area contributed by atoms with Gasteiger partial charge in [0.15, 0.2) is 0 Å². The zero-order chi connectivity index (χ0) is 12.9. The van der Waals surface area contributed by atoms with Gasteiger partial charge in [0.05, 0.1) is 18.6 Å². The molecule has 0 aliphatic heterocycles. The molecule has 96 valence electrons. The Morgan fingerprint density at radius 2 is 2.29 bits per heavy atom. The third-order valence-corrected chi connectivity index (χ3v) is 3.27. The van der Waals surface area contributed by atoms with Crippen molar-refractivity contribution >= 4 is 17.7 Å². The van der Waals surface area contributed by atoms with E-state index >= 15 is 0 Å². The average Bonchev–Trinajstić information content (AvgIpc) is 2.75. The van der Waals surface area contributed by atoms with Crippen molar-refractivity contribution in [1.82, 2.24) is 5.32 Å². The van der Waals surface area contributed by atoms with Gasteiger partial charge < -0.3 is 14.8 Å². The number of thioether (sulfide) groups is 1. The topological polar surface area (TPSA) is 62.5 Å². The van der Waals surface area contributed by atoms with Crippen LogP contribution in [-0.4, -0.2) is 28.1 Å². The molecule has 0 saturated heterocycles. The predicted octanol–water partition coefficient (Wildman–Crippen LogP) is 1.96. The Morgan fingerprint density at radius 1 is 1.59 bits per heavy atom. The Morgan fingerprint density at radius 3 is 2.82 bits per heavy atom. The second-order valence-corrected chi connectivity index (χ2v) is 6.54. The number of hydrogen-bond donors (Lipinski definition) is 2. The maximum atomic E-state index is 11.5. The standard InChI is InChI=1S/C12H19NO3S/c1-12(2,3)17-8-11(15)13-7-9(14)10-5-4-6-16-10/h4-6,9,14H,7-8H2,1-3H3,(H,13,15). The normalized spacial score (nSPS) is 13.4. The minimum Gasteiger partial charge on any atom is -0.467 e. The Balaban J connectivity index is 2.24. The van der Waals surface area contributed by atoms with Crippen molar-refractivity contribution in [2.24, 2.45) is 0 Å². The quantitative estimate of drug-likeness (QED) is 0.846. The van der Waals surface area contributed by atoms with Crippen molar-refractivity contribution in [2.75, 3.05) is 12.3 Å². The highest BCUT2D eigenvalue weighted by atomic mass is 32.2. The summed E-state index contributed by atoms with van der Waals surface area (Å²) in [6, 6.07) is 3.39. The second-order valence-electron chi connectivity index (χ2n) is 4.74. The number of nitrogens with one attached hydrogen (secondary N) is 1. The van der Waals surface area contributed by atoms with E-state index in [0.717, 1.165) is 0 Å². The van der Waals surface area contributed by atoms with Crippen molar-refractivity contribution in [1.29, 1.82) is 0 Å². The average molecular weight is 257 g/mol. The molecule has 4 nitrogen and oxygen atoms in total. The Hall–Kier alpha value is -0.940. The fraction of sp³-hybridized carbons (Fsp3) is 0.583. The molecule has 0 aliphatic carbocycles. The number of aliphatic hydroxyl groups excluding tert-OH is 1. The van der Waals surface area contributed by atoms with Gasteiger partial charge in [-0.05, 0) is 12.1 Å². The molecular formula is C12H19NO3S. The Bertz CT molecular complexity index is 343. The largest absolute Gasteiger partial charge is 0.467 e. The zero-order valence-electron chi connectivity index (χ0n) is 10.4. The smallest absolute Gasteiger partial charge is 0.230 e. The van der Waals surface area contributed by atoms with Crippen LogP contribution in [0.3, 0.4) is 0 Å². The number of carbonyl (C=O) groups is 1. The molecule has 17 heavy (non-hydrogen) atoms. The molecule has 1 aromatic heterocycles. The summed E-state index contributed by atoms with van der Waals surface area (Å²) >= 11 is 1.57. The third-order valence-electron chi connectivity index (χ3n) is 2.00. The number of amides is 1. The summed E-state index contributed by atoms with van der Waals surface area (Å²) < 4.78 is 5.10. The van der Waals surface area contributed by atoms with E-state index < -0.39 is 6.10 Å². The van der Waals surface area contributed by atoms with Gasteiger partial charge in [0.1, 0.15) is 11.9 Å². The minimum atomic E-state index is -0.784. The minimum absolute atomic E-state index is 0.0664. The molecular weight excluding hydrogens is 238 g/mol. The first-order chi connectivity index (χ1) is 7.88. The second kappa shape index (κ2) is 6.12. The van der Waals surface area contributed by atoms with Gasteiger partial charge in [0.25, 0.3) is 0 Å². The van der Waals surface area contributed by atoms with E-state index in [2.05, 4.69) is 26.1 Å². The van der Waals surface area contributed by atoms with Crippen LogP contribution in [-0.2, 0) is 4.79 Å². The molecule has 5 heteroatoms. The van der Waals surface area contributed by atoms with Crippen molar-refractivity contribution in [2.45, 2.75) is 31.6 Å². The zero-order valence-corrected chi connectivity index (χ0v) is 11.2. The molecule has 1 unspecified atom stereocenters. The molecule has 1 atom stereocenters. The van der Waals surface area contributed by atoms with Crippen LogP contribution in [0.1, 0.15) is 32.6 Å². The lowest BCUT2D eigenvalue weighted by atomic mass is 10.3. The summed E-state index contributed by atoms with van der Waals surface area (Å²) in [4.78, 5) is 11.5. The van der Waals surface area contributed by atoms with Gasteiger partial charge in [-0.15, -0.1) is 11.8 Å². The Kier molecular flexibility index (Phi) is 5.08. The van der Waals surface area contributed by atoms with E-state index in [1.807, 2.05) is 0 Å². The van der Waals surface area contributed by atoms with Crippen LogP contribution < -0.4 is 5.32 Å². The third kappa shape index (κ3) is 5.79. The molecule has 1 amide bonds. The highest BCUT2D eigenvalue weighted by Crippen LogP contribution is 2.22. The predicted molar refractivity (Wildman–Crippen MR) is 68.9 cm³/mol. The summed E-state index contributed by atoms with van der Waals surface area (Å²) in [5, 5.41) is 12.3. The van der Waals surface area contributed by atoms with Gasteiger partial charge in [-0.3, -0.25) is 4.79 Å². The first-order valence-corrected chi connectivity index (χ1v) is 6.49. The molecule has 0 bridgehead atoms. The van der Waals surface area contributed by atoms with Gasteiger partial charge in [0, 0.05) is 4.75 Å². The van der Waals surface area contributed by atoms with Crippen LogP contribution in [0.5, 0.6) is 0 Å². The van der Waals surface area contributed by atoms with Crippen molar-refractivity contribution in [3.8, 4) is 0 Å². The van der Waals surface area contributed by atoms with Crippen LogP contribution in [0.25, 0.3) is 0 Å². The van der Waals surface area contributed by atoms with E-state index in [0.29, 0.717) is 11.5 Å². The van der Waals surface area contributed by atoms with Gasteiger partial charge in [-0.25, -0.2) is 0 Å². The van der Waals surface area contributed by atoms with E-state index in [9.17, 15) is 9.90 Å². The van der Waals surface area contributed by atoms with Gasteiger partial charge in [0.2, 0.25) is 5.91 Å². The SMILES string of the molecule is CC(C)(C)SCC(=O)NCC(O)c1ccco1. The Labute approximate surface area is 106 Å². The molecule has 0 aromatic carbocycles. The molecule has 0 fully saturated rings. The van der Waals surface area contributed by atoms with E-state index in [1.54, 1.807) is 23.9 Å². The maximum Gasteiger partial charge on any atom is 0.230 e. The van der Waals surface area contributed by atoms with Crippen LogP contribution in [0.15, 0.2) is 22.8 Å². The van der Waals surface area contributed by atoms with Crippen molar-refractivity contribution < 1.29 is 14.3 Å². The highest BCUT2D eigenvalue weighted by Gasteiger charge is 2.15. The summed E-state index contributed by atoms with van der Waals surface area (Å²) in [6.45, 7) is 6.35. The highest BCUT2D eigenvalue weighted by molar-refractivity contribution is 8.01. The van der Waals surface area contributed by atoms with Crippen LogP contribution >= 0.6 is 11.8 Å². The first-order valence-electron chi connectivity index (χ1n) is 5.50. The molecule has 1 aromatic rings.